The minimum atomic E-state index is -0.165. The van der Waals surface area contributed by atoms with Gasteiger partial charge in [0.05, 0.1) is 5.69 Å². The molecule has 1 heteroatoms. The Kier molecular flexibility index (Phi) is 8.50. The van der Waals surface area contributed by atoms with Crippen molar-refractivity contribution in [2.24, 2.45) is 11.8 Å². The second-order valence-electron chi connectivity index (χ2n) is 18.3. The first-order chi connectivity index (χ1) is 28.0. The molecule has 57 heavy (non-hydrogen) atoms. The van der Waals surface area contributed by atoms with Gasteiger partial charge in [0.1, 0.15) is 0 Å². The lowest BCUT2D eigenvalue weighted by atomic mass is 9.81. The van der Waals surface area contributed by atoms with Crippen LogP contribution >= 0.6 is 0 Å². The number of fused-ring (bicyclic) bond motifs is 6. The highest BCUT2D eigenvalue weighted by molar-refractivity contribution is 6.02. The Morgan fingerprint density at radius 2 is 1.19 bits per heavy atom. The average molecular weight is 740 g/mol. The Bertz CT molecular complexity index is 2600. The molecule has 0 radical (unpaired) electrons. The van der Waals surface area contributed by atoms with Crippen LogP contribution in [0.1, 0.15) is 106 Å². The predicted molar refractivity (Wildman–Crippen MR) is 241 cm³/mol. The monoisotopic (exact) mass is 739 g/mol. The molecule has 0 amide bonds. The van der Waals surface area contributed by atoms with Crippen molar-refractivity contribution in [2.75, 3.05) is 4.90 Å². The first-order valence-electron chi connectivity index (χ1n) is 21.9. The highest BCUT2D eigenvalue weighted by Gasteiger charge is 2.40. The van der Waals surface area contributed by atoms with E-state index in [-0.39, 0.29) is 5.41 Å². The van der Waals surface area contributed by atoms with Crippen molar-refractivity contribution in [3.63, 3.8) is 0 Å². The molecule has 282 valence electrons. The maximum atomic E-state index is 2.60. The van der Waals surface area contributed by atoms with Crippen LogP contribution in [0.4, 0.5) is 17.1 Å². The Hall–Kier alpha value is -5.40. The van der Waals surface area contributed by atoms with E-state index in [2.05, 4.69) is 170 Å². The number of anilines is 3. The number of rotatable bonds is 7. The average Bonchev–Trinajstić information content (AvgIpc) is 3.97. The molecule has 0 heterocycles. The molecule has 0 aliphatic heterocycles. The predicted octanol–water partition coefficient (Wildman–Crippen LogP) is 15.9. The molecule has 7 aromatic rings. The third-order valence-electron chi connectivity index (χ3n) is 14.8. The molecule has 0 spiro atoms. The number of benzene rings is 7. The smallest absolute Gasteiger partial charge is 0.0542 e. The van der Waals surface area contributed by atoms with Crippen molar-refractivity contribution >= 4 is 27.8 Å². The summed E-state index contributed by atoms with van der Waals surface area (Å²) in [6.07, 6.45) is 12.3. The summed E-state index contributed by atoms with van der Waals surface area (Å²) in [7, 11) is 0. The van der Waals surface area contributed by atoms with Gasteiger partial charge in [-0.15, -0.1) is 0 Å². The van der Waals surface area contributed by atoms with Gasteiger partial charge in [0.25, 0.3) is 0 Å². The number of hydrogen-bond acceptors (Lipinski definition) is 1. The van der Waals surface area contributed by atoms with Gasteiger partial charge in [0.15, 0.2) is 0 Å². The van der Waals surface area contributed by atoms with E-state index in [0.29, 0.717) is 5.92 Å². The maximum absolute atomic E-state index is 2.60. The van der Waals surface area contributed by atoms with Crippen molar-refractivity contribution in [1.29, 1.82) is 0 Å². The van der Waals surface area contributed by atoms with E-state index in [1.807, 2.05) is 0 Å². The van der Waals surface area contributed by atoms with Crippen LogP contribution < -0.4 is 4.90 Å². The molecule has 4 aliphatic carbocycles. The lowest BCUT2D eigenvalue weighted by Gasteiger charge is -2.31. The largest absolute Gasteiger partial charge is 0.310 e. The molecular formula is C56H53N. The molecule has 3 unspecified atom stereocenters. The van der Waals surface area contributed by atoms with Crippen LogP contribution in [0.3, 0.4) is 0 Å². The lowest BCUT2D eigenvalue weighted by Crippen LogP contribution is -2.17. The highest BCUT2D eigenvalue weighted by Crippen LogP contribution is 2.55. The topological polar surface area (TPSA) is 3.24 Å². The van der Waals surface area contributed by atoms with Gasteiger partial charge in [0, 0.05) is 22.2 Å². The van der Waals surface area contributed by atoms with Crippen LogP contribution in [0, 0.1) is 11.8 Å². The van der Waals surface area contributed by atoms with E-state index in [1.165, 1.54) is 136 Å². The van der Waals surface area contributed by atoms with Crippen molar-refractivity contribution in [2.45, 2.75) is 88.9 Å². The van der Waals surface area contributed by atoms with Crippen molar-refractivity contribution in [3.05, 3.63) is 174 Å². The first kappa shape index (κ1) is 34.8. The van der Waals surface area contributed by atoms with Crippen LogP contribution in [0.15, 0.2) is 152 Å². The second-order valence-corrected chi connectivity index (χ2v) is 18.3. The summed E-state index contributed by atoms with van der Waals surface area (Å²) in [6, 6.07) is 58.1. The molecule has 4 aliphatic rings. The molecule has 0 N–H and O–H groups in total. The normalized spacial score (nSPS) is 20.8. The van der Waals surface area contributed by atoms with Gasteiger partial charge >= 0.3 is 0 Å². The molecular weight excluding hydrogens is 687 g/mol. The molecule has 1 nitrogen and oxygen atoms in total. The summed E-state index contributed by atoms with van der Waals surface area (Å²) in [5.41, 5.74) is 17.3. The number of nitrogens with zero attached hydrogens (tertiary/aromatic N) is 1. The van der Waals surface area contributed by atoms with Crippen LogP contribution in [-0.4, -0.2) is 0 Å². The summed E-state index contributed by atoms with van der Waals surface area (Å²) in [4.78, 5) is 2.60. The molecule has 3 saturated carbocycles. The fourth-order valence-corrected chi connectivity index (χ4v) is 11.9. The van der Waals surface area contributed by atoms with Crippen LogP contribution in [-0.2, 0) is 5.41 Å². The summed E-state index contributed by atoms with van der Waals surface area (Å²) in [6.45, 7) is 4.86. The van der Waals surface area contributed by atoms with E-state index in [0.717, 1.165) is 17.8 Å². The minimum Gasteiger partial charge on any atom is -0.310 e. The third-order valence-corrected chi connectivity index (χ3v) is 14.8. The van der Waals surface area contributed by atoms with Crippen molar-refractivity contribution in [1.82, 2.24) is 0 Å². The van der Waals surface area contributed by atoms with E-state index in [4.69, 9.17) is 0 Å². The number of hydrogen-bond donors (Lipinski definition) is 0. The molecule has 0 saturated heterocycles. The summed E-state index contributed by atoms with van der Waals surface area (Å²) in [5.74, 6) is 3.16. The fraction of sp³-hybridized carbons (Fsp3) is 0.286. The SMILES string of the molecule is CC1(C)c2cc(-c3ccccc3-c3ccccc3)ccc2-c2ccc(N(c3ccc(C4CC5CCC4C5)cc3)c3cccc4cccc(C5CCCCC5)c34)cc21. The van der Waals surface area contributed by atoms with Crippen LogP contribution in [0.2, 0.25) is 0 Å². The van der Waals surface area contributed by atoms with Gasteiger partial charge in [0.2, 0.25) is 0 Å². The lowest BCUT2D eigenvalue weighted by molar-refractivity contribution is 0.420. The Morgan fingerprint density at radius 1 is 0.509 bits per heavy atom. The van der Waals surface area contributed by atoms with Gasteiger partial charge in [-0.2, -0.15) is 0 Å². The Labute approximate surface area is 339 Å². The van der Waals surface area contributed by atoms with E-state index < -0.39 is 0 Å². The van der Waals surface area contributed by atoms with Crippen LogP contribution in [0.5, 0.6) is 0 Å². The third kappa shape index (κ3) is 5.88. The zero-order valence-corrected chi connectivity index (χ0v) is 33.6. The van der Waals surface area contributed by atoms with E-state index >= 15 is 0 Å². The van der Waals surface area contributed by atoms with Crippen LogP contribution in [0.25, 0.3) is 44.2 Å². The Morgan fingerprint density at radius 3 is 1.93 bits per heavy atom. The minimum absolute atomic E-state index is 0.165. The molecule has 2 bridgehead atoms. The van der Waals surface area contributed by atoms with Gasteiger partial charge in [-0.3, -0.25) is 0 Å². The summed E-state index contributed by atoms with van der Waals surface area (Å²) >= 11 is 0. The quantitative estimate of drug-likeness (QED) is 0.157. The summed E-state index contributed by atoms with van der Waals surface area (Å²) < 4.78 is 0. The molecule has 11 rings (SSSR count). The highest BCUT2D eigenvalue weighted by atomic mass is 15.1. The molecule has 3 fully saturated rings. The van der Waals surface area contributed by atoms with Gasteiger partial charge < -0.3 is 4.90 Å². The van der Waals surface area contributed by atoms with Gasteiger partial charge in [-0.25, -0.2) is 0 Å². The van der Waals surface area contributed by atoms with Crippen molar-refractivity contribution < 1.29 is 0 Å². The second kappa shape index (κ2) is 13.9. The molecule has 7 aromatic carbocycles. The molecule has 0 aromatic heterocycles. The fourth-order valence-electron chi connectivity index (χ4n) is 11.9. The van der Waals surface area contributed by atoms with E-state index in [9.17, 15) is 0 Å². The standard InChI is InChI=1S/C56H53N/c1-56(2)52-35-43(47-20-10-9-19-46(47)38-13-5-3-6-14-38)27-31-49(52)50-32-30-45(36-53(50)56)57(44-28-25-40(26-29-44)51-34-37-23-24-42(51)33-37)54-22-12-18-41-17-11-21-48(55(41)54)39-15-7-4-8-16-39/h3,5-6,9-14,17-22,25-32,35-37,39,42,51H,4,7-8,15-16,23-24,33-34H2,1-2H3. The van der Waals surface area contributed by atoms with E-state index in [1.54, 1.807) is 5.56 Å². The Balaban J connectivity index is 1.04. The zero-order chi connectivity index (χ0) is 38.1. The van der Waals surface area contributed by atoms with Gasteiger partial charge in [-0.05, 0) is 153 Å². The zero-order valence-electron chi connectivity index (χ0n) is 33.6. The first-order valence-corrected chi connectivity index (χ1v) is 21.9. The summed E-state index contributed by atoms with van der Waals surface area (Å²) in [5, 5.41) is 2.77. The van der Waals surface area contributed by atoms with Crippen molar-refractivity contribution in [3.8, 4) is 33.4 Å². The maximum Gasteiger partial charge on any atom is 0.0542 e. The van der Waals surface area contributed by atoms with Gasteiger partial charge in [-0.1, -0.05) is 155 Å². The molecule has 3 atom stereocenters.